The molecule has 6 nitrogen and oxygen atoms in total. The van der Waals surface area contributed by atoms with E-state index in [1.165, 1.54) is 5.56 Å². The SMILES string of the molecule is Cc1ccc(-n2c(C)cc(C3C(c4ccccn4)NC(=S)N3Cc3cccnc3)c2C)nc1. The molecule has 0 saturated carbocycles. The van der Waals surface area contributed by atoms with Crippen LogP contribution >= 0.6 is 12.2 Å². The predicted molar refractivity (Wildman–Crippen MR) is 133 cm³/mol. The molecule has 0 amide bonds. The average molecular weight is 455 g/mol. The van der Waals surface area contributed by atoms with E-state index in [0.29, 0.717) is 6.54 Å². The highest BCUT2D eigenvalue weighted by Crippen LogP contribution is 2.42. The molecule has 33 heavy (non-hydrogen) atoms. The summed E-state index contributed by atoms with van der Waals surface area (Å²) >= 11 is 5.83. The summed E-state index contributed by atoms with van der Waals surface area (Å²) in [5, 5.41) is 4.26. The maximum atomic E-state index is 5.83. The number of pyridine rings is 3. The zero-order valence-corrected chi connectivity index (χ0v) is 19.8. The Hall–Kier alpha value is -3.58. The second-order valence-electron chi connectivity index (χ2n) is 8.47. The number of aryl methyl sites for hydroxylation is 2. The van der Waals surface area contributed by atoms with Crippen molar-refractivity contribution in [2.24, 2.45) is 0 Å². The highest BCUT2D eigenvalue weighted by molar-refractivity contribution is 7.80. The van der Waals surface area contributed by atoms with Gasteiger partial charge in [-0.1, -0.05) is 18.2 Å². The van der Waals surface area contributed by atoms with E-state index in [1.807, 2.05) is 36.8 Å². The lowest BCUT2D eigenvalue weighted by molar-refractivity contribution is 0.310. The predicted octanol–water partition coefficient (Wildman–Crippen LogP) is 4.76. The minimum absolute atomic E-state index is 0.0157. The zero-order chi connectivity index (χ0) is 22.9. The largest absolute Gasteiger partial charge is 0.352 e. The van der Waals surface area contributed by atoms with Gasteiger partial charge in [-0.3, -0.25) is 9.97 Å². The summed E-state index contributed by atoms with van der Waals surface area (Å²) in [6.45, 7) is 7.00. The van der Waals surface area contributed by atoms with Crippen LogP contribution in [0.3, 0.4) is 0 Å². The first-order valence-corrected chi connectivity index (χ1v) is 11.4. The number of thiocarbonyl (C=S) groups is 1. The molecule has 5 heterocycles. The van der Waals surface area contributed by atoms with E-state index in [9.17, 15) is 0 Å². The van der Waals surface area contributed by atoms with Crippen LogP contribution in [0.4, 0.5) is 0 Å². The van der Waals surface area contributed by atoms with Gasteiger partial charge in [0.05, 0.1) is 17.8 Å². The van der Waals surface area contributed by atoms with Gasteiger partial charge in [-0.05, 0) is 80.0 Å². The molecular formula is C26H26N6S. The van der Waals surface area contributed by atoms with Crippen LogP contribution in [0.15, 0.2) is 73.3 Å². The van der Waals surface area contributed by atoms with Crippen LogP contribution < -0.4 is 5.32 Å². The maximum absolute atomic E-state index is 5.83. The van der Waals surface area contributed by atoms with Crippen LogP contribution in [-0.2, 0) is 6.54 Å². The van der Waals surface area contributed by atoms with Crippen molar-refractivity contribution in [3.05, 3.63) is 107 Å². The van der Waals surface area contributed by atoms with Crippen LogP contribution in [0, 0.1) is 20.8 Å². The topological polar surface area (TPSA) is 58.9 Å². The Labute approximate surface area is 199 Å². The number of nitrogens with zero attached hydrogens (tertiary/aromatic N) is 5. The van der Waals surface area contributed by atoms with E-state index in [4.69, 9.17) is 12.2 Å². The normalized spacial score (nSPS) is 17.9. The highest BCUT2D eigenvalue weighted by atomic mass is 32.1. The fourth-order valence-electron chi connectivity index (χ4n) is 4.63. The van der Waals surface area contributed by atoms with Gasteiger partial charge in [0.15, 0.2) is 5.11 Å². The minimum atomic E-state index is -0.0599. The number of nitrogens with one attached hydrogen (secondary N) is 1. The van der Waals surface area contributed by atoms with Crippen LogP contribution in [0.5, 0.6) is 0 Å². The molecule has 5 rings (SSSR count). The van der Waals surface area contributed by atoms with E-state index in [2.05, 4.69) is 80.8 Å². The molecule has 7 heteroatoms. The van der Waals surface area contributed by atoms with Crippen molar-refractivity contribution in [2.75, 3.05) is 0 Å². The van der Waals surface area contributed by atoms with Crippen molar-refractivity contribution in [1.29, 1.82) is 0 Å². The molecule has 1 N–H and O–H groups in total. The first kappa shape index (κ1) is 21.3. The lowest BCUT2D eigenvalue weighted by Gasteiger charge is -2.28. The molecule has 0 aliphatic carbocycles. The number of aromatic nitrogens is 4. The van der Waals surface area contributed by atoms with Gasteiger partial charge in [0.2, 0.25) is 0 Å². The molecular weight excluding hydrogens is 428 g/mol. The van der Waals surface area contributed by atoms with E-state index < -0.39 is 0 Å². The van der Waals surface area contributed by atoms with Gasteiger partial charge in [-0.25, -0.2) is 4.98 Å². The lowest BCUT2D eigenvalue weighted by Crippen LogP contribution is -2.29. The van der Waals surface area contributed by atoms with Crippen LogP contribution in [0.25, 0.3) is 5.82 Å². The van der Waals surface area contributed by atoms with Crippen molar-refractivity contribution in [1.82, 2.24) is 29.7 Å². The third-order valence-corrected chi connectivity index (χ3v) is 6.54. The fourth-order valence-corrected chi connectivity index (χ4v) is 4.94. The van der Waals surface area contributed by atoms with Crippen LogP contribution in [0.1, 0.15) is 45.9 Å². The molecule has 2 atom stereocenters. The molecule has 1 aliphatic heterocycles. The van der Waals surface area contributed by atoms with E-state index in [0.717, 1.165) is 39.1 Å². The molecule has 1 fully saturated rings. The summed E-state index contributed by atoms with van der Waals surface area (Å²) in [4.78, 5) is 15.9. The molecule has 166 valence electrons. The lowest BCUT2D eigenvalue weighted by atomic mass is 9.96. The molecule has 1 aliphatic rings. The van der Waals surface area contributed by atoms with Crippen molar-refractivity contribution in [3.63, 3.8) is 0 Å². The third kappa shape index (κ3) is 4.00. The Morgan fingerprint density at radius 1 is 0.970 bits per heavy atom. The van der Waals surface area contributed by atoms with Gasteiger partial charge in [0, 0.05) is 42.7 Å². The zero-order valence-electron chi connectivity index (χ0n) is 18.9. The second kappa shape index (κ2) is 8.75. The van der Waals surface area contributed by atoms with Gasteiger partial charge in [-0.15, -0.1) is 0 Å². The van der Waals surface area contributed by atoms with Crippen molar-refractivity contribution >= 4 is 17.3 Å². The third-order valence-electron chi connectivity index (χ3n) is 6.19. The number of hydrogen-bond acceptors (Lipinski definition) is 4. The summed E-state index contributed by atoms with van der Waals surface area (Å²) in [6.07, 6.45) is 7.43. The Bertz CT molecular complexity index is 1270. The Morgan fingerprint density at radius 3 is 2.55 bits per heavy atom. The quantitative estimate of drug-likeness (QED) is 0.439. The highest BCUT2D eigenvalue weighted by Gasteiger charge is 2.41. The Morgan fingerprint density at radius 2 is 1.85 bits per heavy atom. The number of rotatable bonds is 5. The van der Waals surface area contributed by atoms with Gasteiger partial charge >= 0.3 is 0 Å². The van der Waals surface area contributed by atoms with Gasteiger partial charge in [0.25, 0.3) is 0 Å². The molecule has 0 radical (unpaired) electrons. The Balaban J connectivity index is 1.61. The van der Waals surface area contributed by atoms with Crippen molar-refractivity contribution < 1.29 is 0 Å². The summed E-state index contributed by atoms with van der Waals surface area (Å²) in [7, 11) is 0. The Kier molecular flexibility index (Phi) is 5.64. The van der Waals surface area contributed by atoms with Crippen LogP contribution in [0.2, 0.25) is 0 Å². The van der Waals surface area contributed by atoms with Gasteiger partial charge in [-0.2, -0.15) is 0 Å². The molecule has 2 unspecified atom stereocenters. The smallest absolute Gasteiger partial charge is 0.170 e. The first-order valence-electron chi connectivity index (χ1n) is 11.0. The van der Waals surface area contributed by atoms with E-state index >= 15 is 0 Å². The van der Waals surface area contributed by atoms with Gasteiger partial charge < -0.3 is 14.8 Å². The molecule has 0 bridgehead atoms. The average Bonchev–Trinajstić information content (AvgIpc) is 3.31. The fraction of sp³-hybridized carbons (Fsp3) is 0.231. The molecule has 1 saturated heterocycles. The molecule has 0 aromatic carbocycles. The second-order valence-corrected chi connectivity index (χ2v) is 8.86. The monoisotopic (exact) mass is 454 g/mol. The maximum Gasteiger partial charge on any atom is 0.170 e. The van der Waals surface area contributed by atoms with Crippen molar-refractivity contribution in [3.8, 4) is 5.82 Å². The van der Waals surface area contributed by atoms with Crippen LogP contribution in [-0.4, -0.2) is 29.5 Å². The molecule has 4 aromatic heterocycles. The van der Waals surface area contributed by atoms with E-state index in [-0.39, 0.29) is 12.1 Å². The summed E-state index contributed by atoms with van der Waals surface area (Å²) in [5.41, 5.74) is 6.72. The minimum Gasteiger partial charge on any atom is -0.352 e. The van der Waals surface area contributed by atoms with E-state index in [1.54, 1.807) is 6.20 Å². The first-order chi connectivity index (χ1) is 16.0. The standard InChI is InChI=1S/C26H26N6S/c1-17-9-10-23(29-14-17)32-18(2)13-21(19(32)3)25-24(22-8-4-5-12-28-22)30-26(33)31(25)16-20-7-6-11-27-15-20/h4-15,24-25H,16H2,1-3H3,(H,30,33). The summed E-state index contributed by atoms with van der Waals surface area (Å²) in [5.74, 6) is 0.920. The molecule has 4 aromatic rings. The van der Waals surface area contributed by atoms with Crippen molar-refractivity contribution in [2.45, 2.75) is 39.4 Å². The summed E-state index contributed by atoms with van der Waals surface area (Å²) in [6, 6.07) is 16.4. The number of hydrogen-bond donors (Lipinski definition) is 1. The van der Waals surface area contributed by atoms with Gasteiger partial charge in [0.1, 0.15) is 5.82 Å². The summed E-state index contributed by atoms with van der Waals surface area (Å²) < 4.78 is 2.22. The molecule has 0 spiro atoms.